The molecule has 1 aromatic heterocycles. The topological polar surface area (TPSA) is 73.8 Å². The van der Waals surface area contributed by atoms with Crippen LogP contribution in [-0.4, -0.2) is 67.8 Å². The van der Waals surface area contributed by atoms with E-state index in [4.69, 9.17) is 0 Å². The van der Waals surface area contributed by atoms with Gasteiger partial charge in [-0.05, 0) is 44.0 Å². The van der Waals surface area contributed by atoms with Gasteiger partial charge < -0.3 is 9.80 Å². The van der Waals surface area contributed by atoms with Crippen molar-refractivity contribution in [2.75, 3.05) is 44.2 Å². The molecule has 154 valence electrons. The van der Waals surface area contributed by atoms with E-state index in [1.165, 1.54) is 4.31 Å². The highest BCUT2D eigenvalue weighted by Gasteiger charge is 2.31. The maximum atomic E-state index is 13.1. The molecule has 0 saturated carbocycles. The van der Waals surface area contributed by atoms with E-state index in [9.17, 15) is 13.2 Å². The molecule has 0 spiro atoms. The summed E-state index contributed by atoms with van der Waals surface area (Å²) in [5.74, 6) is 0.664. The van der Waals surface area contributed by atoms with E-state index < -0.39 is 10.0 Å². The second-order valence-corrected chi connectivity index (χ2v) is 9.52. The molecule has 2 aliphatic rings. The number of sulfonamides is 1. The van der Waals surface area contributed by atoms with Gasteiger partial charge in [0.1, 0.15) is 5.82 Å². The van der Waals surface area contributed by atoms with E-state index in [0.717, 1.165) is 37.3 Å². The van der Waals surface area contributed by atoms with Crippen LogP contribution in [0.15, 0.2) is 47.5 Å². The van der Waals surface area contributed by atoms with Crippen LogP contribution in [-0.2, 0) is 10.0 Å². The van der Waals surface area contributed by atoms with E-state index in [1.54, 1.807) is 41.4 Å². The van der Waals surface area contributed by atoms with Crippen LogP contribution in [0.3, 0.4) is 0 Å². The number of aromatic nitrogens is 1. The third-order valence-electron chi connectivity index (χ3n) is 5.61. The number of nitrogens with zero attached hydrogens (tertiary/aromatic N) is 4. The van der Waals surface area contributed by atoms with Gasteiger partial charge in [-0.2, -0.15) is 4.31 Å². The monoisotopic (exact) mass is 414 g/mol. The van der Waals surface area contributed by atoms with Gasteiger partial charge in [0, 0.05) is 45.5 Å². The van der Waals surface area contributed by atoms with Crippen LogP contribution < -0.4 is 4.90 Å². The smallest absolute Gasteiger partial charge is 0.257 e. The quantitative estimate of drug-likeness (QED) is 0.766. The summed E-state index contributed by atoms with van der Waals surface area (Å²) in [6.07, 6.45) is 3.94. The van der Waals surface area contributed by atoms with Gasteiger partial charge in [-0.25, -0.2) is 13.4 Å². The fraction of sp³-hybridized carbons (Fsp3) is 0.429. The first-order valence-electron chi connectivity index (χ1n) is 10.0. The molecule has 2 aromatic rings. The van der Waals surface area contributed by atoms with Crippen molar-refractivity contribution in [2.24, 2.45) is 0 Å². The number of rotatable bonds is 4. The number of hydrogen-bond acceptors (Lipinski definition) is 5. The number of hydrogen-bond donors (Lipinski definition) is 0. The molecule has 2 saturated heterocycles. The molecule has 1 aromatic carbocycles. The largest absolute Gasteiger partial charge is 0.356 e. The molecule has 0 bridgehead atoms. The number of anilines is 1. The van der Waals surface area contributed by atoms with Crippen LogP contribution in [0.25, 0.3) is 0 Å². The fourth-order valence-electron chi connectivity index (χ4n) is 3.91. The molecule has 0 atom stereocenters. The van der Waals surface area contributed by atoms with Crippen LogP contribution in [0.2, 0.25) is 0 Å². The molecule has 0 aliphatic carbocycles. The first kappa shape index (κ1) is 19.8. The van der Waals surface area contributed by atoms with Crippen LogP contribution in [0.1, 0.15) is 28.8 Å². The van der Waals surface area contributed by atoms with Gasteiger partial charge in [-0.15, -0.1) is 0 Å². The lowest BCUT2D eigenvalue weighted by atomic mass is 10.2. The first-order valence-corrected chi connectivity index (χ1v) is 11.5. The van der Waals surface area contributed by atoms with Crippen LogP contribution in [0.4, 0.5) is 5.82 Å². The van der Waals surface area contributed by atoms with E-state index in [0.29, 0.717) is 36.6 Å². The summed E-state index contributed by atoms with van der Waals surface area (Å²) in [7, 11) is -3.54. The number of benzene rings is 1. The lowest BCUT2D eigenvalue weighted by molar-refractivity contribution is 0.0698. The number of amides is 1. The van der Waals surface area contributed by atoms with Crippen molar-refractivity contribution in [3.05, 3.63) is 53.7 Å². The summed E-state index contributed by atoms with van der Waals surface area (Å²) in [5, 5.41) is 0. The summed E-state index contributed by atoms with van der Waals surface area (Å²) < 4.78 is 27.2. The third kappa shape index (κ3) is 4.00. The molecule has 0 N–H and O–H groups in total. The lowest BCUT2D eigenvalue weighted by Crippen LogP contribution is -2.50. The van der Waals surface area contributed by atoms with Crippen LogP contribution >= 0.6 is 0 Å². The zero-order valence-corrected chi connectivity index (χ0v) is 17.4. The van der Waals surface area contributed by atoms with Crippen LogP contribution in [0, 0.1) is 6.92 Å². The molecule has 2 fully saturated rings. The highest BCUT2D eigenvalue weighted by Crippen LogP contribution is 2.24. The molecule has 4 rings (SSSR count). The molecule has 8 heteroatoms. The van der Waals surface area contributed by atoms with Gasteiger partial charge in [0.2, 0.25) is 10.0 Å². The second kappa shape index (κ2) is 8.12. The first-order chi connectivity index (χ1) is 14.0. The predicted octanol–water partition coefficient (Wildman–Crippen LogP) is 2.14. The molecule has 1 amide bonds. The van der Waals surface area contributed by atoms with E-state index in [2.05, 4.69) is 9.88 Å². The Balaban J connectivity index is 1.46. The molecule has 29 heavy (non-hydrogen) atoms. The van der Waals surface area contributed by atoms with Crippen molar-refractivity contribution in [1.82, 2.24) is 14.2 Å². The predicted molar refractivity (Wildman–Crippen MR) is 112 cm³/mol. The number of carbonyl (C=O) groups is 1. The molecule has 0 radical (unpaired) electrons. The molecular weight excluding hydrogens is 388 g/mol. The van der Waals surface area contributed by atoms with Crippen molar-refractivity contribution in [3.8, 4) is 0 Å². The standard InChI is InChI=1S/C21H26N4O3S/c1-17-6-8-18(9-7-17)29(27,28)25-15-13-24(14-16-25)21(26)19-5-4-10-22-20(19)23-11-2-3-12-23/h4-10H,2-3,11-16H2,1H3. The Kier molecular flexibility index (Phi) is 5.56. The van der Waals surface area contributed by atoms with Crippen molar-refractivity contribution in [3.63, 3.8) is 0 Å². The summed E-state index contributed by atoms with van der Waals surface area (Å²) in [6.45, 7) is 5.09. The van der Waals surface area contributed by atoms with Crippen molar-refractivity contribution in [2.45, 2.75) is 24.7 Å². The average molecular weight is 415 g/mol. The summed E-state index contributed by atoms with van der Waals surface area (Å²) in [4.78, 5) is 21.8. The highest BCUT2D eigenvalue weighted by molar-refractivity contribution is 7.89. The maximum absolute atomic E-state index is 13.1. The van der Waals surface area contributed by atoms with Gasteiger partial charge in [-0.1, -0.05) is 17.7 Å². The fourth-order valence-corrected chi connectivity index (χ4v) is 5.33. The van der Waals surface area contributed by atoms with Gasteiger partial charge in [0.05, 0.1) is 10.5 Å². The molecular formula is C21H26N4O3S. The molecule has 7 nitrogen and oxygen atoms in total. The highest BCUT2D eigenvalue weighted by atomic mass is 32.2. The molecule has 0 unspecified atom stereocenters. The Hall–Kier alpha value is -2.45. The van der Waals surface area contributed by atoms with Crippen LogP contribution in [0.5, 0.6) is 0 Å². The van der Waals surface area contributed by atoms with Crippen molar-refractivity contribution in [1.29, 1.82) is 0 Å². The minimum Gasteiger partial charge on any atom is -0.356 e. The molecule has 3 heterocycles. The number of piperazine rings is 1. The minimum atomic E-state index is -3.54. The van der Waals surface area contributed by atoms with Gasteiger partial charge in [-0.3, -0.25) is 4.79 Å². The van der Waals surface area contributed by atoms with E-state index in [-0.39, 0.29) is 5.91 Å². The Morgan fingerprint density at radius 3 is 2.24 bits per heavy atom. The summed E-state index contributed by atoms with van der Waals surface area (Å²) in [5.41, 5.74) is 1.62. The Bertz CT molecular complexity index is 977. The molecule has 2 aliphatic heterocycles. The van der Waals surface area contributed by atoms with Gasteiger partial charge in [0.25, 0.3) is 5.91 Å². The lowest BCUT2D eigenvalue weighted by Gasteiger charge is -2.34. The van der Waals surface area contributed by atoms with E-state index in [1.807, 2.05) is 13.0 Å². The second-order valence-electron chi connectivity index (χ2n) is 7.58. The zero-order chi connectivity index (χ0) is 20.4. The minimum absolute atomic E-state index is 0.0765. The normalized spacial score (nSPS) is 18.2. The maximum Gasteiger partial charge on any atom is 0.257 e. The Morgan fingerprint density at radius 1 is 0.931 bits per heavy atom. The Labute approximate surface area is 172 Å². The van der Waals surface area contributed by atoms with Crippen molar-refractivity contribution < 1.29 is 13.2 Å². The number of pyridine rings is 1. The average Bonchev–Trinajstić information content (AvgIpc) is 3.28. The van der Waals surface area contributed by atoms with Gasteiger partial charge in [0.15, 0.2) is 0 Å². The summed E-state index contributed by atoms with van der Waals surface area (Å²) >= 11 is 0. The number of carbonyl (C=O) groups excluding carboxylic acids is 1. The number of aryl methyl sites for hydroxylation is 1. The van der Waals surface area contributed by atoms with E-state index >= 15 is 0 Å². The summed E-state index contributed by atoms with van der Waals surface area (Å²) in [6, 6.07) is 10.5. The third-order valence-corrected chi connectivity index (χ3v) is 7.52. The van der Waals surface area contributed by atoms with Gasteiger partial charge >= 0.3 is 0 Å². The Morgan fingerprint density at radius 2 is 1.59 bits per heavy atom. The SMILES string of the molecule is Cc1ccc(S(=O)(=O)N2CCN(C(=O)c3cccnc3N3CCCC3)CC2)cc1. The van der Waals surface area contributed by atoms with Crippen molar-refractivity contribution >= 4 is 21.7 Å². The zero-order valence-electron chi connectivity index (χ0n) is 16.6.